The molecule has 6 rings (SSSR count). The highest BCUT2D eigenvalue weighted by Crippen LogP contribution is 2.48. The van der Waals surface area contributed by atoms with Gasteiger partial charge in [0.1, 0.15) is 18.1 Å². The van der Waals surface area contributed by atoms with E-state index in [1.54, 1.807) is 47.3 Å². The van der Waals surface area contributed by atoms with Crippen LogP contribution in [0.2, 0.25) is 0 Å². The molecule has 74 heavy (non-hydrogen) atoms. The first kappa shape index (κ1) is 59.3. The molecule has 0 aliphatic carbocycles. The highest BCUT2D eigenvalue weighted by molar-refractivity contribution is 8.00. The number of rotatable bonds is 28. The number of likely N-dealkylation sites (N-methyl/N-ethyl adjacent to an activating group) is 1. The average Bonchev–Trinajstić information content (AvgIpc) is 3.71. The van der Waals surface area contributed by atoms with Crippen molar-refractivity contribution >= 4 is 58.8 Å². The fraction of sp³-hybridized carbons (Fsp3) is 0.690. The zero-order valence-electron chi connectivity index (χ0n) is 45.7. The summed E-state index contributed by atoms with van der Waals surface area (Å²) in [5, 5.41) is 12.0. The molecule has 16 heteroatoms. The number of benzene rings is 2. The molecule has 4 aliphatic heterocycles. The minimum absolute atomic E-state index is 0.0419. The normalized spacial score (nSPS) is 24.9. The molecule has 4 saturated heterocycles. The Balaban J connectivity index is 0.898. The van der Waals surface area contributed by atoms with Crippen molar-refractivity contribution in [1.82, 2.24) is 31.1 Å². The van der Waals surface area contributed by atoms with E-state index in [0.717, 1.165) is 80.4 Å². The van der Waals surface area contributed by atoms with Gasteiger partial charge in [0.25, 0.3) is 0 Å². The summed E-state index contributed by atoms with van der Waals surface area (Å²) in [6, 6.07) is 16.6. The number of nitrogens with one attached hydrogen (secondary N) is 4. The Kier molecular flexibility index (Phi) is 22.8. The monoisotopic (exact) mass is 1060 g/mol. The van der Waals surface area contributed by atoms with Gasteiger partial charge in [-0.2, -0.15) is 0 Å². The first-order valence-corrected chi connectivity index (χ1v) is 29.8. The van der Waals surface area contributed by atoms with Crippen molar-refractivity contribution in [2.45, 2.75) is 191 Å². The molecule has 0 radical (unpaired) electrons. The number of unbranched alkanes of at least 4 members (excludes halogenated alkanes) is 7. The summed E-state index contributed by atoms with van der Waals surface area (Å²) in [5.74, 6) is 0.309. The van der Waals surface area contributed by atoms with Gasteiger partial charge in [0.2, 0.25) is 29.5 Å². The Morgan fingerprint density at radius 3 is 1.66 bits per heavy atom. The maximum atomic E-state index is 14.5. The van der Waals surface area contributed by atoms with Crippen LogP contribution in [0.5, 0.6) is 0 Å². The molecule has 4 N–H and O–H groups in total. The van der Waals surface area contributed by atoms with E-state index in [1.807, 2.05) is 62.4 Å². The fourth-order valence-corrected chi connectivity index (χ4v) is 14.3. The van der Waals surface area contributed by atoms with Gasteiger partial charge in [0, 0.05) is 31.5 Å². The molecule has 4 heterocycles. The van der Waals surface area contributed by atoms with Gasteiger partial charge in [0.05, 0.1) is 42.1 Å². The molecule has 4 aliphatic rings. The Labute approximate surface area is 450 Å². The number of nitrogens with zero attached hydrogens (tertiary/aromatic N) is 2. The summed E-state index contributed by atoms with van der Waals surface area (Å²) >= 11 is 3.41. The molecule has 14 nitrogen and oxygen atoms in total. The second-order valence-corrected chi connectivity index (χ2v) is 25.2. The van der Waals surface area contributed by atoms with Crippen molar-refractivity contribution in [3.63, 3.8) is 0 Å². The number of carbonyl (C=O) groups is 6. The SMILES string of the molecule is CC[C@@H](C)C(=O)N[C@H]1CCS[C@H]2CC(C)(C)C(C(=O)N[C@H](COCCCCCCCCCCOC[C@@H](CC(=O)[C@H]3N4C(=O)[C@@H](NC(=O)[C@H](C)NC)CCS[C@H]4CC3(C)C)c3ccccc3)c3ccccc3)N2C1=O. The van der Waals surface area contributed by atoms with Crippen LogP contribution in [0.15, 0.2) is 60.7 Å². The van der Waals surface area contributed by atoms with Gasteiger partial charge >= 0.3 is 0 Å². The van der Waals surface area contributed by atoms with Crippen LogP contribution in [0.4, 0.5) is 0 Å². The molecule has 0 saturated carbocycles. The predicted octanol–water partition coefficient (Wildman–Crippen LogP) is 8.54. The first-order valence-electron chi connectivity index (χ1n) is 27.7. The molecule has 410 valence electrons. The van der Waals surface area contributed by atoms with Crippen molar-refractivity contribution in [3.05, 3.63) is 71.8 Å². The summed E-state index contributed by atoms with van der Waals surface area (Å²) in [5.41, 5.74) is 1.14. The molecule has 0 bridgehead atoms. The van der Waals surface area contributed by atoms with Crippen LogP contribution >= 0.6 is 23.5 Å². The van der Waals surface area contributed by atoms with E-state index in [4.69, 9.17) is 9.47 Å². The van der Waals surface area contributed by atoms with Crippen molar-refractivity contribution in [2.24, 2.45) is 16.7 Å². The Morgan fingerprint density at radius 2 is 1.14 bits per heavy atom. The lowest BCUT2D eigenvalue weighted by Gasteiger charge is -2.35. The maximum Gasteiger partial charge on any atom is 0.246 e. The number of fused-ring (bicyclic) bond motifs is 2. The van der Waals surface area contributed by atoms with E-state index in [9.17, 15) is 28.8 Å². The Bertz CT molecular complexity index is 2000. The highest BCUT2D eigenvalue weighted by Gasteiger charge is 2.56. The second kappa shape index (κ2) is 28.4. The molecule has 0 spiro atoms. The predicted molar refractivity (Wildman–Crippen MR) is 296 cm³/mol. The van der Waals surface area contributed by atoms with Crippen LogP contribution in [0, 0.1) is 16.7 Å². The van der Waals surface area contributed by atoms with Crippen molar-refractivity contribution in [1.29, 1.82) is 0 Å². The third-order valence-corrected chi connectivity index (χ3v) is 18.3. The molecule has 4 fully saturated rings. The fourth-order valence-electron chi connectivity index (χ4n) is 11.1. The molecule has 2 aromatic carbocycles. The van der Waals surface area contributed by atoms with Gasteiger partial charge in [-0.3, -0.25) is 28.8 Å². The van der Waals surface area contributed by atoms with E-state index >= 15 is 0 Å². The lowest BCUT2D eigenvalue weighted by atomic mass is 9.79. The smallest absolute Gasteiger partial charge is 0.246 e. The minimum atomic E-state index is -0.676. The number of amides is 5. The van der Waals surface area contributed by atoms with Gasteiger partial charge in [-0.25, -0.2) is 0 Å². The zero-order valence-corrected chi connectivity index (χ0v) is 47.3. The second-order valence-electron chi connectivity index (χ2n) is 22.6. The number of hydrogen-bond donors (Lipinski definition) is 4. The minimum Gasteiger partial charge on any atom is -0.381 e. The topological polar surface area (TPSA) is 175 Å². The molecular weight excluding hydrogens is 973 g/mol. The number of ether oxygens (including phenoxy) is 2. The van der Waals surface area contributed by atoms with E-state index < -0.39 is 41.0 Å². The number of ketones is 1. The van der Waals surface area contributed by atoms with Crippen LogP contribution in [0.25, 0.3) is 0 Å². The maximum absolute atomic E-state index is 14.5. The number of thioether (sulfide) groups is 2. The summed E-state index contributed by atoms with van der Waals surface area (Å²) in [7, 11) is 1.72. The molecule has 2 aromatic rings. The van der Waals surface area contributed by atoms with Crippen LogP contribution < -0.4 is 21.3 Å². The summed E-state index contributed by atoms with van der Waals surface area (Å²) < 4.78 is 12.5. The van der Waals surface area contributed by atoms with E-state index in [1.165, 1.54) is 0 Å². The van der Waals surface area contributed by atoms with E-state index in [2.05, 4.69) is 61.1 Å². The Hall–Kier alpha value is -3.96. The quantitative estimate of drug-likeness (QED) is 0.0602. The third kappa shape index (κ3) is 15.8. The van der Waals surface area contributed by atoms with E-state index in [-0.39, 0.29) is 70.4 Å². The van der Waals surface area contributed by atoms with Crippen molar-refractivity contribution < 1.29 is 38.2 Å². The largest absolute Gasteiger partial charge is 0.381 e. The van der Waals surface area contributed by atoms with Crippen molar-refractivity contribution in [3.8, 4) is 0 Å². The number of carbonyl (C=O) groups excluding carboxylic acids is 6. The molecular formula is C58H88N6O8S2. The highest BCUT2D eigenvalue weighted by atomic mass is 32.2. The molecule has 5 amide bonds. The lowest BCUT2D eigenvalue weighted by molar-refractivity contribution is -0.144. The van der Waals surface area contributed by atoms with E-state index in [0.29, 0.717) is 52.1 Å². The van der Waals surface area contributed by atoms with Gasteiger partial charge in [-0.1, -0.05) is 141 Å². The van der Waals surface area contributed by atoms with Crippen LogP contribution in [0.1, 0.15) is 161 Å². The standard InChI is InChI=1S/C58H88N6O8S2/c1-9-39(2)52(66)60-44-28-32-74-49-36-58(6,7)51(64(49)56(44)70)54(68)62-46(42-26-20-17-21-27-42)38-72-31-23-15-13-11-10-12-14-22-30-71-37-43(41-24-18-16-19-25-41)34-47(65)50-57(4,5)35-48-63(50)55(69)45(29-33-73-48)61-53(67)40(3)59-8/h16-21,24-27,39-40,43-46,48-51,59H,9-15,22-23,28-38H2,1-8H3,(H,60,66)(H,61,67)(H,62,68)/t39-,40+,43-,44+,45+,46-,48+,49+,50-,51?/m1/s1. The van der Waals surface area contributed by atoms with Crippen LogP contribution in [-0.2, 0) is 38.2 Å². The first-order chi connectivity index (χ1) is 35.5. The number of hydrogen-bond acceptors (Lipinski definition) is 11. The van der Waals surface area contributed by atoms with Gasteiger partial charge in [0.15, 0.2) is 5.78 Å². The zero-order chi connectivity index (χ0) is 53.4. The molecule has 0 aromatic heterocycles. The molecule has 1 unspecified atom stereocenters. The Morgan fingerprint density at radius 1 is 0.662 bits per heavy atom. The third-order valence-electron chi connectivity index (χ3n) is 15.8. The van der Waals surface area contributed by atoms with Gasteiger partial charge < -0.3 is 40.5 Å². The molecule has 10 atom stereocenters. The van der Waals surface area contributed by atoms with Gasteiger partial charge in [-0.15, -0.1) is 23.5 Å². The average molecular weight is 1060 g/mol. The summed E-state index contributed by atoms with van der Waals surface area (Å²) in [6.07, 6.45) is 12.0. The van der Waals surface area contributed by atoms with Crippen LogP contribution in [0.3, 0.4) is 0 Å². The van der Waals surface area contributed by atoms with Crippen LogP contribution in [-0.4, -0.2) is 131 Å². The lowest BCUT2D eigenvalue weighted by Crippen LogP contribution is -2.57. The summed E-state index contributed by atoms with van der Waals surface area (Å²) in [6.45, 7) is 15.9. The number of Topliss-reactive ketones (excluding diaryl/α,β-unsaturated/α-hetero) is 1. The van der Waals surface area contributed by atoms with Crippen molar-refractivity contribution in [2.75, 3.05) is 45.0 Å². The van der Waals surface area contributed by atoms with Gasteiger partial charge in [-0.05, 0) is 92.4 Å². The summed E-state index contributed by atoms with van der Waals surface area (Å²) in [4.78, 5) is 86.3.